The van der Waals surface area contributed by atoms with Crippen LogP contribution in [0.2, 0.25) is 0 Å². The summed E-state index contributed by atoms with van der Waals surface area (Å²) in [5.41, 5.74) is 2.10. The minimum absolute atomic E-state index is 0.0124. The van der Waals surface area contributed by atoms with Crippen molar-refractivity contribution in [2.45, 2.75) is 37.7 Å². The summed E-state index contributed by atoms with van der Waals surface area (Å²) in [7, 11) is 0. The Hall–Kier alpha value is -2.67. The lowest BCUT2D eigenvalue weighted by Crippen LogP contribution is -2.33. The van der Waals surface area contributed by atoms with Crippen molar-refractivity contribution in [2.24, 2.45) is 5.92 Å². The van der Waals surface area contributed by atoms with E-state index in [9.17, 15) is 4.79 Å². The van der Waals surface area contributed by atoms with Crippen molar-refractivity contribution >= 4 is 17.7 Å². The number of rotatable bonds is 8. The second kappa shape index (κ2) is 9.50. The summed E-state index contributed by atoms with van der Waals surface area (Å²) >= 11 is 1.43. The standard InChI is InChI=1S/C21H25N5OS/c1-15(2)13-23-20(27)16(3)28-21-25-24-19(18-9-11-22-12-10-18)26(21)14-17-7-5-4-6-8-17/h4-12,15-16H,13-14H2,1-3H3,(H,23,27). The molecule has 3 rings (SSSR count). The van der Waals surface area contributed by atoms with Crippen molar-refractivity contribution in [3.8, 4) is 11.4 Å². The van der Waals surface area contributed by atoms with Crippen molar-refractivity contribution in [1.82, 2.24) is 25.1 Å². The van der Waals surface area contributed by atoms with Gasteiger partial charge in [0.1, 0.15) is 0 Å². The van der Waals surface area contributed by atoms with Gasteiger partial charge in [-0.15, -0.1) is 10.2 Å². The van der Waals surface area contributed by atoms with Gasteiger partial charge in [0, 0.05) is 24.5 Å². The fourth-order valence-electron chi connectivity index (χ4n) is 2.66. The molecular weight excluding hydrogens is 370 g/mol. The number of nitrogens with zero attached hydrogens (tertiary/aromatic N) is 4. The molecule has 1 atom stereocenters. The zero-order chi connectivity index (χ0) is 19.9. The van der Waals surface area contributed by atoms with Crippen LogP contribution in [0.15, 0.2) is 60.0 Å². The number of hydrogen-bond acceptors (Lipinski definition) is 5. The van der Waals surface area contributed by atoms with Gasteiger partial charge in [0.05, 0.1) is 11.8 Å². The smallest absolute Gasteiger partial charge is 0.233 e. The Kier molecular flexibility index (Phi) is 6.81. The Balaban J connectivity index is 1.86. The minimum Gasteiger partial charge on any atom is -0.355 e. The Morgan fingerprint density at radius 1 is 1.07 bits per heavy atom. The molecule has 2 heterocycles. The molecule has 0 saturated heterocycles. The predicted molar refractivity (Wildman–Crippen MR) is 112 cm³/mol. The SMILES string of the molecule is CC(C)CNC(=O)C(C)Sc1nnc(-c2ccncc2)n1Cc1ccccc1. The van der Waals surface area contributed by atoms with E-state index in [0.29, 0.717) is 19.0 Å². The number of benzene rings is 1. The van der Waals surface area contributed by atoms with Crippen LogP contribution in [-0.2, 0) is 11.3 Å². The van der Waals surface area contributed by atoms with Gasteiger partial charge in [0.25, 0.3) is 0 Å². The highest BCUT2D eigenvalue weighted by molar-refractivity contribution is 8.00. The van der Waals surface area contributed by atoms with Crippen molar-refractivity contribution in [3.05, 3.63) is 60.4 Å². The lowest BCUT2D eigenvalue weighted by molar-refractivity contribution is -0.120. The van der Waals surface area contributed by atoms with E-state index in [2.05, 4.69) is 51.0 Å². The third-order valence-electron chi connectivity index (χ3n) is 4.17. The molecule has 7 heteroatoms. The van der Waals surface area contributed by atoms with Gasteiger partial charge in [-0.1, -0.05) is 55.9 Å². The maximum Gasteiger partial charge on any atom is 0.233 e. The normalized spacial score (nSPS) is 12.1. The van der Waals surface area contributed by atoms with Crippen molar-refractivity contribution in [3.63, 3.8) is 0 Å². The van der Waals surface area contributed by atoms with Crippen molar-refractivity contribution in [2.75, 3.05) is 6.54 Å². The van der Waals surface area contributed by atoms with E-state index in [1.54, 1.807) is 12.4 Å². The van der Waals surface area contributed by atoms with Gasteiger partial charge in [-0.05, 0) is 30.5 Å². The molecule has 3 aromatic rings. The van der Waals surface area contributed by atoms with Crippen LogP contribution in [0.25, 0.3) is 11.4 Å². The molecule has 0 bridgehead atoms. The van der Waals surface area contributed by atoms with Gasteiger partial charge < -0.3 is 5.32 Å². The summed E-state index contributed by atoms with van der Waals surface area (Å²) in [5.74, 6) is 1.20. The number of amides is 1. The van der Waals surface area contributed by atoms with Gasteiger partial charge in [-0.2, -0.15) is 0 Å². The van der Waals surface area contributed by atoms with E-state index < -0.39 is 0 Å². The highest BCUT2D eigenvalue weighted by atomic mass is 32.2. The quantitative estimate of drug-likeness (QED) is 0.590. The summed E-state index contributed by atoms with van der Waals surface area (Å²) in [6.45, 7) is 7.36. The molecular formula is C21H25N5OS. The zero-order valence-electron chi connectivity index (χ0n) is 16.4. The average Bonchev–Trinajstić information content (AvgIpc) is 3.09. The Bertz CT molecular complexity index is 896. The first-order valence-corrected chi connectivity index (χ1v) is 10.2. The number of hydrogen-bond donors (Lipinski definition) is 1. The first kappa shape index (κ1) is 20.1. The van der Waals surface area contributed by atoms with Crippen molar-refractivity contribution in [1.29, 1.82) is 0 Å². The monoisotopic (exact) mass is 395 g/mol. The largest absolute Gasteiger partial charge is 0.355 e. The molecule has 0 aliphatic carbocycles. The maximum absolute atomic E-state index is 12.4. The van der Waals surface area contributed by atoms with Crippen LogP contribution >= 0.6 is 11.8 Å². The first-order chi connectivity index (χ1) is 13.5. The number of aromatic nitrogens is 4. The highest BCUT2D eigenvalue weighted by Crippen LogP contribution is 2.27. The van der Waals surface area contributed by atoms with Crippen LogP contribution in [0.4, 0.5) is 0 Å². The first-order valence-electron chi connectivity index (χ1n) is 9.36. The summed E-state index contributed by atoms with van der Waals surface area (Å²) in [6.07, 6.45) is 3.48. The molecule has 0 spiro atoms. The molecule has 1 aromatic carbocycles. The van der Waals surface area contributed by atoms with Crippen molar-refractivity contribution < 1.29 is 4.79 Å². The summed E-state index contributed by atoms with van der Waals surface area (Å²) in [5, 5.41) is 12.2. The molecule has 1 N–H and O–H groups in total. The molecule has 2 aromatic heterocycles. The van der Waals surface area contributed by atoms with E-state index in [4.69, 9.17) is 0 Å². The second-order valence-electron chi connectivity index (χ2n) is 7.01. The van der Waals surface area contributed by atoms with E-state index in [1.165, 1.54) is 11.8 Å². The molecule has 0 fully saturated rings. The molecule has 0 aliphatic rings. The van der Waals surface area contributed by atoms with Gasteiger partial charge in [0.2, 0.25) is 5.91 Å². The van der Waals surface area contributed by atoms with Gasteiger partial charge >= 0.3 is 0 Å². The van der Waals surface area contributed by atoms with Gasteiger partial charge in [-0.3, -0.25) is 14.3 Å². The molecule has 0 radical (unpaired) electrons. The predicted octanol–water partition coefficient (Wildman–Crippen LogP) is 3.64. The van der Waals surface area contributed by atoms with Crippen LogP contribution < -0.4 is 5.32 Å². The topological polar surface area (TPSA) is 72.7 Å². The zero-order valence-corrected chi connectivity index (χ0v) is 17.2. The molecule has 6 nitrogen and oxygen atoms in total. The molecule has 0 saturated carbocycles. The Morgan fingerprint density at radius 2 is 1.79 bits per heavy atom. The Morgan fingerprint density at radius 3 is 2.46 bits per heavy atom. The van der Waals surface area contributed by atoms with Crippen LogP contribution in [0.5, 0.6) is 0 Å². The second-order valence-corrected chi connectivity index (χ2v) is 8.32. The van der Waals surface area contributed by atoms with Crippen LogP contribution in [-0.4, -0.2) is 37.5 Å². The van der Waals surface area contributed by atoms with Crippen LogP contribution in [0.1, 0.15) is 26.3 Å². The van der Waals surface area contributed by atoms with Crippen LogP contribution in [0.3, 0.4) is 0 Å². The summed E-state index contributed by atoms with van der Waals surface area (Å²) in [4.78, 5) is 16.5. The number of nitrogens with one attached hydrogen (secondary N) is 1. The van der Waals surface area contributed by atoms with Gasteiger partial charge in [-0.25, -0.2) is 0 Å². The number of pyridine rings is 1. The number of thioether (sulfide) groups is 1. The molecule has 1 amide bonds. The number of carbonyl (C=O) groups is 1. The summed E-state index contributed by atoms with van der Waals surface area (Å²) in [6, 6.07) is 14.0. The third-order valence-corrected chi connectivity index (χ3v) is 5.26. The number of carbonyl (C=O) groups excluding carboxylic acids is 1. The highest BCUT2D eigenvalue weighted by Gasteiger charge is 2.21. The average molecular weight is 396 g/mol. The van der Waals surface area contributed by atoms with E-state index >= 15 is 0 Å². The fourth-order valence-corrected chi connectivity index (χ4v) is 3.53. The van der Waals surface area contributed by atoms with E-state index in [1.807, 2.05) is 37.3 Å². The Labute approximate surface area is 169 Å². The lowest BCUT2D eigenvalue weighted by Gasteiger charge is -2.15. The van der Waals surface area contributed by atoms with Gasteiger partial charge in [0.15, 0.2) is 11.0 Å². The lowest BCUT2D eigenvalue weighted by atomic mass is 10.2. The minimum atomic E-state index is -0.261. The maximum atomic E-state index is 12.4. The fraction of sp³-hybridized carbons (Fsp3) is 0.333. The third kappa shape index (κ3) is 5.19. The molecule has 28 heavy (non-hydrogen) atoms. The van der Waals surface area contributed by atoms with E-state index in [0.717, 1.165) is 22.1 Å². The molecule has 146 valence electrons. The molecule has 0 aliphatic heterocycles. The van der Waals surface area contributed by atoms with E-state index in [-0.39, 0.29) is 11.2 Å². The molecule has 1 unspecified atom stereocenters. The summed E-state index contributed by atoms with van der Waals surface area (Å²) < 4.78 is 2.06. The van der Waals surface area contributed by atoms with Crippen LogP contribution in [0, 0.1) is 5.92 Å².